The van der Waals surface area contributed by atoms with Crippen LogP contribution in [0.25, 0.3) is 0 Å². The van der Waals surface area contributed by atoms with Crippen LogP contribution >= 0.6 is 11.6 Å². The highest BCUT2D eigenvalue weighted by molar-refractivity contribution is 6.33. The van der Waals surface area contributed by atoms with Crippen molar-refractivity contribution in [2.24, 2.45) is 5.92 Å². The molecule has 1 aromatic rings. The topological polar surface area (TPSA) is 64.7 Å². The lowest BCUT2D eigenvalue weighted by molar-refractivity contribution is -0.124. The van der Waals surface area contributed by atoms with Crippen LogP contribution in [0.4, 0.5) is 5.69 Å². The first-order valence-electron chi connectivity index (χ1n) is 10.6. The average molecular weight is 423 g/mol. The number of amides is 2. The molecule has 1 saturated heterocycles. The lowest BCUT2D eigenvalue weighted by atomic mass is 10.0. The van der Waals surface area contributed by atoms with Crippen LogP contribution in [0.1, 0.15) is 40.0 Å². The SMILES string of the molecule is CC(C)CCC[C@@H](C)NC(=O)CN1CCN(CC(=O)Nc2ccccc2Cl)CC1. The minimum atomic E-state index is -0.0699. The van der Waals surface area contributed by atoms with E-state index in [2.05, 4.69) is 41.2 Å². The predicted molar refractivity (Wildman–Crippen MR) is 119 cm³/mol. The normalized spacial score (nSPS) is 16.6. The van der Waals surface area contributed by atoms with Gasteiger partial charge in [-0.1, -0.05) is 50.4 Å². The number of halogens is 1. The fourth-order valence-corrected chi connectivity index (χ4v) is 3.67. The van der Waals surface area contributed by atoms with Gasteiger partial charge in [0.2, 0.25) is 11.8 Å². The fourth-order valence-electron chi connectivity index (χ4n) is 3.49. The van der Waals surface area contributed by atoms with Crippen LogP contribution in [0.3, 0.4) is 0 Å². The van der Waals surface area contributed by atoms with Crippen molar-refractivity contribution >= 4 is 29.1 Å². The molecule has 7 heteroatoms. The smallest absolute Gasteiger partial charge is 0.238 e. The molecule has 0 bridgehead atoms. The number of hydrogen-bond acceptors (Lipinski definition) is 4. The van der Waals surface area contributed by atoms with Gasteiger partial charge in [0.25, 0.3) is 0 Å². The van der Waals surface area contributed by atoms with Gasteiger partial charge in [0, 0.05) is 32.2 Å². The maximum absolute atomic E-state index is 12.3. The Hall–Kier alpha value is -1.63. The number of carbonyl (C=O) groups is 2. The number of nitrogens with zero attached hydrogens (tertiary/aromatic N) is 2. The van der Waals surface area contributed by atoms with Crippen LogP contribution in [0.15, 0.2) is 24.3 Å². The lowest BCUT2D eigenvalue weighted by Gasteiger charge is -2.34. The first-order chi connectivity index (χ1) is 13.8. The van der Waals surface area contributed by atoms with Crippen molar-refractivity contribution in [2.45, 2.75) is 46.1 Å². The quantitative estimate of drug-likeness (QED) is 0.607. The van der Waals surface area contributed by atoms with Gasteiger partial charge in [0.15, 0.2) is 0 Å². The number of carbonyl (C=O) groups excluding carboxylic acids is 2. The van der Waals surface area contributed by atoms with Crippen molar-refractivity contribution in [3.05, 3.63) is 29.3 Å². The molecule has 1 fully saturated rings. The highest BCUT2D eigenvalue weighted by Crippen LogP contribution is 2.20. The number of hydrogen-bond donors (Lipinski definition) is 2. The number of para-hydroxylation sites is 1. The largest absolute Gasteiger partial charge is 0.353 e. The maximum Gasteiger partial charge on any atom is 0.238 e. The molecular weight excluding hydrogens is 388 g/mol. The van der Waals surface area contributed by atoms with Crippen molar-refractivity contribution in [1.82, 2.24) is 15.1 Å². The first-order valence-corrected chi connectivity index (χ1v) is 11.0. The van der Waals surface area contributed by atoms with Crippen molar-refractivity contribution < 1.29 is 9.59 Å². The third kappa shape index (κ3) is 9.15. The van der Waals surface area contributed by atoms with Crippen LogP contribution in [-0.4, -0.2) is 66.9 Å². The van der Waals surface area contributed by atoms with E-state index >= 15 is 0 Å². The summed E-state index contributed by atoms with van der Waals surface area (Å²) in [6, 6.07) is 7.44. The Morgan fingerprint density at radius 2 is 1.55 bits per heavy atom. The predicted octanol–water partition coefficient (Wildman–Crippen LogP) is 3.23. The summed E-state index contributed by atoms with van der Waals surface area (Å²) in [5, 5.41) is 6.50. The molecule has 2 N–H and O–H groups in total. The Morgan fingerprint density at radius 3 is 2.14 bits per heavy atom. The number of nitrogens with one attached hydrogen (secondary N) is 2. The van der Waals surface area contributed by atoms with E-state index in [0.717, 1.165) is 39.0 Å². The first kappa shape index (κ1) is 23.6. The van der Waals surface area contributed by atoms with Crippen LogP contribution in [-0.2, 0) is 9.59 Å². The summed E-state index contributed by atoms with van der Waals surface area (Å²) in [6.45, 7) is 10.4. The van der Waals surface area contributed by atoms with E-state index in [9.17, 15) is 9.59 Å². The van der Waals surface area contributed by atoms with E-state index in [1.807, 2.05) is 12.1 Å². The molecule has 0 aliphatic carbocycles. The molecule has 162 valence electrons. The van der Waals surface area contributed by atoms with Crippen LogP contribution in [0, 0.1) is 5.92 Å². The molecule has 0 aromatic heterocycles. The van der Waals surface area contributed by atoms with E-state index < -0.39 is 0 Å². The Kier molecular flexibility index (Phi) is 9.91. The molecule has 29 heavy (non-hydrogen) atoms. The Morgan fingerprint density at radius 1 is 0.966 bits per heavy atom. The second-order valence-electron chi connectivity index (χ2n) is 8.37. The van der Waals surface area contributed by atoms with Crippen molar-refractivity contribution in [1.29, 1.82) is 0 Å². The molecule has 1 aromatic carbocycles. The molecule has 1 atom stereocenters. The van der Waals surface area contributed by atoms with Gasteiger partial charge >= 0.3 is 0 Å². The number of anilines is 1. The monoisotopic (exact) mass is 422 g/mol. The summed E-state index contributed by atoms with van der Waals surface area (Å²) in [7, 11) is 0. The van der Waals surface area contributed by atoms with Crippen molar-refractivity contribution in [3.63, 3.8) is 0 Å². The van der Waals surface area contributed by atoms with Gasteiger partial charge in [-0.25, -0.2) is 0 Å². The summed E-state index contributed by atoms with van der Waals surface area (Å²) in [6.07, 6.45) is 3.37. The number of benzene rings is 1. The summed E-state index contributed by atoms with van der Waals surface area (Å²) in [5.41, 5.74) is 0.636. The third-order valence-corrected chi connectivity index (χ3v) is 5.50. The molecular formula is C22H35ClN4O2. The molecule has 0 unspecified atom stereocenters. The fraction of sp³-hybridized carbons (Fsp3) is 0.636. The van der Waals surface area contributed by atoms with Gasteiger partial charge in [0.05, 0.1) is 23.8 Å². The molecule has 1 heterocycles. The van der Waals surface area contributed by atoms with Gasteiger partial charge < -0.3 is 10.6 Å². The Labute approximate surface area is 180 Å². The van der Waals surface area contributed by atoms with Gasteiger partial charge in [-0.15, -0.1) is 0 Å². The molecule has 2 amide bonds. The standard InChI is InChI=1S/C22H35ClN4O2/c1-17(2)7-6-8-18(3)24-21(28)15-26-11-13-27(14-12-26)16-22(29)25-20-10-5-4-9-19(20)23/h4-5,9-10,17-18H,6-8,11-16H2,1-3H3,(H,24,28)(H,25,29)/t18-/m1/s1. The minimum Gasteiger partial charge on any atom is -0.353 e. The van der Waals surface area contributed by atoms with Gasteiger partial charge in [0.1, 0.15) is 0 Å². The van der Waals surface area contributed by atoms with E-state index in [4.69, 9.17) is 11.6 Å². The van der Waals surface area contributed by atoms with Crippen molar-refractivity contribution in [2.75, 3.05) is 44.6 Å². The third-order valence-electron chi connectivity index (χ3n) is 5.17. The zero-order chi connectivity index (χ0) is 21.2. The lowest BCUT2D eigenvalue weighted by Crippen LogP contribution is -2.51. The number of rotatable bonds is 10. The zero-order valence-electron chi connectivity index (χ0n) is 17.9. The van der Waals surface area contributed by atoms with E-state index in [1.54, 1.807) is 12.1 Å². The summed E-state index contributed by atoms with van der Waals surface area (Å²) in [4.78, 5) is 28.8. The Bertz CT molecular complexity index is 660. The summed E-state index contributed by atoms with van der Waals surface area (Å²) >= 11 is 6.08. The molecule has 2 rings (SSSR count). The Balaban J connectivity index is 1.63. The minimum absolute atomic E-state index is 0.0699. The highest BCUT2D eigenvalue weighted by atomic mass is 35.5. The highest BCUT2D eigenvalue weighted by Gasteiger charge is 2.21. The summed E-state index contributed by atoms with van der Waals surface area (Å²) < 4.78 is 0. The van der Waals surface area contributed by atoms with E-state index in [-0.39, 0.29) is 17.9 Å². The molecule has 6 nitrogen and oxygen atoms in total. The van der Waals surface area contributed by atoms with Gasteiger partial charge in [-0.3, -0.25) is 19.4 Å². The molecule has 0 spiro atoms. The molecule has 0 saturated carbocycles. The van der Waals surface area contributed by atoms with E-state index in [1.165, 1.54) is 6.42 Å². The zero-order valence-corrected chi connectivity index (χ0v) is 18.7. The second kappa shape index (κ2) is 12.2. The van der Waals surface area contributed by atoms with Crippen LogP contribution in [0.5, 0.6) is 0 Å². The second-order valence-corrected chi connectivity index (χ2v) is 8.78. The molecule has 1 aliphatic heterocycles. The van der Waals surface area contributed by atoms with Gasteiger partial charge in [-0.2, -0.15) is 0 Å². The number of piperazine rings is 1. The van der Waals surface area contributed by atoms with Crippen molar-refractivity contribution in [3.8, 4) is 0 Å². The van der Waals surface area contributed by atoms with E-state index in [0.29, 0.717) is 29.7 Å². The molecule has 0 radical (unpaired) electrons. The molecule has 1 aliphatic rings. The van der Waals surface area contributed by atoms with Gasteiger partial charge in [-0.05, 0) is 31.4 Å². The van der Waals surface area contributed by atoms with Crippen LogP contribution in [0.2, 0.25) is 5.02 Å². The average Bonchev–Trinajstić information content (AvgIpc) is 2.65. The van der Waals surface area contributed by atoms with Crippen LogP contribution < -0.4 is 10.6 Å². The maximum atomic E-state index is 12.3. The summed E-state index contributed by atoms with van der Waals surface area (Å²) in [5.74, 6) is 0.729.